The topological polar surface area (TPSA) is 81.7 Å². The molecule has 0 unspecified atom stereocenters. The van der Waals surface area contributed by atoms with Gasteiger partial charge in [-0.3, -0.25) is 4.79 Å². The van der Waals surface area contributed by atoms with Gasteiger partial charge < -0.3 is 9.47 Å². The molecule has 1 aromatic carbocycles. The lowest BCUT2D eigenvalue weighted by molar-refractivity contribution is 0.0985. The second-order valence-corrected chi connectivity index (χ2v) is 6.56. The summed E-state index contributed by atoms with van der Waals surface area (Å²) >= 11 is 1.16. The number of methoxy groups -OCH3 is 2. The first-order valence-electron chi connectivity index (χ1n) is 5.80. The molecule has 6 nitrogen and oxygen atoms in total. The third kappa shape index (κ3) is 3.34. The van der Waals surface area contributed by atoms with E-state index in [0.717, 1.165) is 11.3 Å². The molecular formula is C13H13NO5S2. The molecule has 0 fully saturated rings. The van der Waals surface area contributed by atoms with Crippen molar-refractivity contribution in [2.24, 2.45) is 0 Å². The van der Waals surface area contributed by atoms with Crippen LogP contribution in [0.1, 0.15) is 9.67 Å². The van der Waals surface area contributed by atoms with Crippen molar-refractivity contribution in [3.05, 3.63) is 40.6 Å². The summed E-state index contributed by atoms with van der Waals surface area (Å²) in [6.45, 7) is 0. The Morgan fingerprint density at radius 1 is 1.14 bits per heavy atom. The first kappa shape index (κ1) is 15.3. The van der Waals surface area contributed by atoms with Crippen molar-refractivity contribution in [2.75, 3.05) is 14.2 Å². The molecule has 0 bridgehead atoms. The normalized spacial score (nSPS) is 11.0. The van der Waals surface area contributed by atoms with Gasteiger partial charge in [-0.2, -0.15) is 0 Å². The molecule has 0 aliphatic carbocycles. The van der Waals surface area contributed by atoms with Gasteiger partial charge in [-0.05, 0) is 23.6 Å². The van der Waals surface area contributed by atoms with Gasteiger partial charge in [0.2, 0.25) is 0 Å². The fraction of sp³-hybridized carbons (Fsp3) is 0.154. The Labute approximate surface area is 126 Å². The van der Waals surface area contributed by atoms with Crippen LogP contribution in [-0.2, 0) is 10.0 Å². The number of carbonyl (C=O) groups is 1. The van der Waals surface area contributed by atoms with Gasteiger partial charge in [0.05, 0.1) is 24.0 Å². The predicted molar refractivity (Wildman–Crippen MR) is 78.5 cm³/mol. The first-order valence-corrected chi connectivity index (χ1v) is 8.17. The molecule has 0 spiro atoms. The number of rotatable bonds is 5. The van der Waals surface area contributed by atoms with Crippen molar-refractivity contribution in [2.45, 2.75) is 4.90 Å². The summed E-state index contributed by atoms with van der Waals surface area (Å²) in [4.78, 5) is 12.1. The van der Waals surface area contributed by atoms with Gasteiger partial charge in [0.15, 0.2) is 11.5 Å². The summed E-state index contributed by atoms with van der Waals surface area (Å²) in [5.41, 5.74) is 0. The number of hydrogen-bond acceptors (Lipinski definition) is 6. The summed E-state index contributed by atoms with van der Waals surface area (Å²) in [6.07, 6.45) is 0. The number of sulfonamides is 1. The highest BCUT2D eigenvalue weighted by molar-refractivity contribution is 7.90. The number of nitrogens with one attached hydrogen (secondary N) is 1. The van der Waals surface area contributed by atoms with Crippen LogP contribution in [0.2, 0.25) is 0 Å². The maximum absolute atomic E-state index is 12.2. The summed E-state index contributed by atoms with van der Waals surface area (Å²) in [7, 11) is -1.12. The second kappa shape index (κ2) is 6.15. The molecule has 2 aromatic rings. The molecule has 1 N–H and O–H groups in total. The quantitative estimate of drug-likeness (QED) is 0.907. The average Bonchev–Trinajstić information content (AvgIpc) is 3.00. The lowest BCUT2D eigenvalue weighted by Crippen LogP contribution is -2.30. The number of thiophene rings is 1. The minimum Gasteiger partial charge on any atom is -0.493 e. The van der Waals surface area contributed by atoms with E-state index in [9.17, 15) is 13.2 Å². The molecule has 0 saturated carbocycles. The Morgan fingerprint density at radius 2 is 1.86 bits per heavy atom. The van der Waals surface area contributed by atoms with E-state index in [2.05, 4.69) is 0 Å². The monoisotopic (exact) mass is 327 g/mol. The molecule has 0 aliphatic heterocycles. The third-order valence-corrected chi connectivity index (χ3v) is 4.83. The van der Waals surface area contributed by atoms with Crippen molar-refractivity contribution in [1.29, 1.82) is 0 Å². The fourth-order valence-corrected chi connectivity index (χ4v) is 3.29. The fourth-order valence-electron chi connectivity index (χ4n) is 1.62. The molecule has 0 aliphatic rings. The van der Waals surface area contributed by atoms with Crippen molar-refractivity contribution >= 4 is 27.3 Å². The van der Waals surface area contributed by atoms with Crippen molar-refractivity contribution in [1.82, 2.24) is 4.72 Å². The maximum atomic E-state index is 12.2. The van der Waals surface area contributed by atoms with Crippen LogP contribution in [0.4, 0.5) is 0 Å². The van der Waals surface area contributed by atoms with Gasteiger partial charge >= 0.3 is 0 Å². The molecule has 8 heteroatoms. The summed E-state index contributed by atoms with van der Waals surface area (Å²) in [6, 6.07) is 7.31. The largest absolute Gasteiger partial charge is 0.493 e. The number of carbonyl (C=O) groups excluding carboxylic acids is 1. The van der Waals surface area contributed by atoms with E-state index in [1.165, 1.54) is 32.4 Å². The second-order valence-electron chi connectivity index (χ2n) is 3.93. The van der Waals surface area contributed by atoms with Crippen LogP contribution < -0.4 is 14.2 Å². The van der Waals surface area contributed by atoms with Crippen molar-refractivity contribution < 1.29 is 22.7 Å². The minimum atomic E-state index is -3.97. The van der Waals surface area contributed by atoms with Crippen LogP contribution in [0.15, 0.2) is 40.6 Å². The zero-order valence-corrected chi connectivity index (χ0v) is 13.0. The molecule has 2 rings (SSSR count). The Hall–Kier alpha value is -2.06. The zero-order valence-electron chi connectivity index (χ0n) is 11.3. The van der Waals surface area contributed by atoms with Gasteiger partial charge in [0.1, 0.15) is 0 Å². The van der Waals surface area contributed by atoms with E-state index >= 15 is 0 Å². The van der Waals surface area contributed by atoms with E-state index in [4.69, 9.17) is 9.47 Å². The summed E-state index contributed by atoms with van der Waals surface area (Å²) in [5.74, 6) is 0.00441. The van der Waals surface area contributed by atoms with Crippen LogP contribution in [0.5, 0.6) is 11.5 Å². The summed E-state index contributed by atoms with van der Waals surface area (Å²) in [5, 5.41) is 1.69. The van der Waals surface area contributed by atoms with Gasteiger partial charge in [0, 0.05) is 6.07 Å². The standard InChI is InChI=1S/C13H13NO5S2/c1-18-10-6-5-9(8-11(10)19-2)21(16,17)14-13(15)12-4-3-7-20-12/h3-8H,1-2H3,(H,14,15). The van der Waals surface area contributed by atoms with E-state index < -0.39 is 15.9 Å². The van der Waals surface area contributed by atoms with E-state index in [-0.39, 0.29) is 10.6 Å². The average molecular weight is 327 g/mol. The molecule has 1 heterocycles. The lowest BCUT2D eigenvalue weighted by Gasteiger charge is -2.10. The van der Waals surface area contributed by atoms with Crippen molar-refractivity contribution in [3.8, 4) is 11.5 Å². The Balaban J connectivity index is 2.29. The van der Waals surface area contributed by atoms with Crippen LogP contribution in [-0.4, -0.2) is 28.5 Å². The molecule has 0 radical (unpaired) electrons. The number of benzene rings is 1. The van der Waals surface area contributed by atoms with Crippen LogP contribution in [0, 0.1) is 0 Å². The van der Waals surface area contributed by atoms with E-state index in [1.54, 1.807) is 17.5 Å². The molecule has 1 amide bonds. The Morgan fingerprint density at radius 3 is 2.43 bits per heavy atom. The first-order chi connectivity index (χ1) is 9.97. The number of amides is 1. The highest BCUT2D eigenvalue weighted by atomic mass is 32.2. The highest BCUT2D eigenvalue weighted by Crippen LogP contribution is 2.29. The van der Waals surface area contributed by atoms with Gasteiger partial charge in [-0.25, -0.2) is 13.1 Å². The van der Waals surface area contributed by atoms with Gasteiger partial charge in [0.25, 0.3) is 15.9 Å². The van der Waals surface area contributed by atoms with Crippen LogP contribution in [0.25, 0.3) is 0 Å². The number of ether oxygens (including phenoxy) is 2. The van der Waals surface area contributed by atoms with E-state index in [1.807, 2.05) is 4.72 Å². The molecular weight excluding hydrogens is 314 g/mol. The zero-order chi connectivity index (χ0) is 15.5. The number of hydrogen-bond donors (Lipinski definition) is 1. The molecule has 112 valence electrons. The predicted octanol–water partition coefficient (Wildman–Crippen LogP) is 1.88. The van der Waals surface area contributed by atoms with Gasteiger partial charge in [-0.1, -0.05) is 6.07 Å². The molecule has 0 atom stereocenters. The smallest absolute Gasteiger partial charge is 0.275 e. The molecule has 1 aromatic heterocycles. The summed E-state index contributed by atoms with van der Waals surface area (Å²) < 4.78 is 36.5. The van der Waals surface area contributed by atoms with Crippen molar-refractivity contribution in [3.63, 3.8) is 0 Å². The van der Waals surface area contributed by atoms with E-state index in [0.29, 0.717) is 10.6 Å². The lowest BCUT2D eigenvalue weighted by atomic mass is 10.3. The maximum Gasteiger partial charge on any atom is 0.275 e. The Kier molecular flexibility index (Phi) is 4.49. The highest BCUT2D eigenvalue weighted by Gasteiger charge is 2.21. The molecule has 21 heavy (non-hydrogen) atoms. The van der Waals surface area contributed by atoms with Gasteiger partial charge in [-0.15, -0.1) is 11.3 Å². The third-order valence-electron chi connectivity index (χ3n) is 2.64. The molecule has 0 saturated heterocycles. The minimum absolute atomic E-state index is 0.0787. The van der Waals surface area contributed by atoms with Crippen LogP contribution in [0.3, 0.4) is 0 Å². The van der Waals surface area contributed by atoms with Crippen LogP contribution >= 0.6 is 11.3 Å². The Bertz CT molecular complexity index is 738. The SMILES string of the molecule is COc1ccc(S(=O)(=O)NC(=O)c2cccs2)cc1OC.